The molecule has 2 aromatic rings. The monoisotopic (exact) mass is 372 g/mol. The zero-order chi connectivity index (χ0) is 18.8. The first-order valence-corrected chi connectivity index (χ1v) is 11.3. The number of nitrogens with zero attached hydrogens (tertiary/aromatic N) is 2. The van der Waals surface area contributed by atoms with Crippen LogP contribution in [0.25, 0.3) is 5.69 Å². The van der Waals surface area contributed by atoms with E-state index in [4.69, 9.17) is 14.9 Å². The van der Waals surface area contributed by atoms with Gasteiger partial charge in [0.05, 0.1) is 30.2 Å². The van der Waals surface area contributed by atoms with Crippen LogP contribution in [0.3, 0.4) is 0 Å². The van der Waals surface area contributed by atoms with Gasteiger partial charge >= 0.3 is 5.97 Å². The fourth-order valence-corrected chi connectivity index (χ4v) is 4.59. The summed E-state index contributed by atoms with van der Waals surface area (Å²) in [5.74, 6) is 0.869. The number of aromatic nitrogens is 2. The second kappa shape index (κ2) is 7.63. The molecule has 1 saturated carbocycles. The third-order valence-corrected chi connectivity index (χ3v) is 5.65. The summed E-state index contributed by atoms with van der Waals surface area (Å²) in [5, 5.41) is 0. The molecule has 1 aliphatic carbocycles. The molecule has 2 N–H and O–H groups in total. The van der Waals surface area contributed by atoms with E-state index in [0.717, 1.165) is 36.3 Å². The lowest BCUT2D eigenvalue weighted by atomic mass is 10.0. The van der Waals surface area contributed by atoms with Crippen molar-refractivity contribution in [3.05, 3.63) is 41.5 Å². The maximum atomic E-state index is 11.9. The predicted octanol–water partition coefficient (Wildman–Crippen LogP) is 3.45. The second-order valence-corrected chi connectivity index (χ2v) is 9.03. The van der Waals surface area contributed by atoms with Crippen LogP contribution in [-0.4, -0.2) is 37.8 Å². The van der Waals surface area contributed by atoms with E-state index in [1.165, 1.54) is 7.11 Å². The van der Waals surface area contributed by atoms with Gasteiger partial charge in [-0.05, 0) is 50.6 Å². The lowest BCUT2D eigenvalue weighted by Gasteiger charge is -2.23. The van der Waals surface area contributed by atoms with Crippen molar-refractivity contribution < 1.29 is 14.0 Å². The molecule has 6 nitrogen and oxygen atoms in total. The number of hydrogen-bond acceptors (Lipinski definition) is 5. The van der Waals surface area contributed by atoms with Gasteiger partial charge in [0.2, 0.25) is 9.04 Å². The third kappa shape index (κ3) is 3.54. The normalized spacial score (nSPS) is 19.9. The molecule has 3 rings (SSSR count). The number of esters is 1. The van der Waals surface area contributed by atoms with E-state index >= 15 is 0 Å². The number of carbonyl (C=O) groups excluding carboxylic acids is 1. The van der Waals surface area contributed by atoms with Crippen molar-refractivity contribution in [2.45, 2.75) is 51.3 Å². The van der Waals surface area contributed by atoms with Crippen molar-refractivity contribution in [1.29, 1.82) is 0 Å². The number of hydrogen-bond donors (Lipinski definition) is 1. The van der Waals surface area contributed by atoms with Gasteiger partial charge in [0.25, 0.3) is 0 Å². The fourth-order valence-electron chi connectivity index (χ4n) is 3.71. The number of carbonyl (C=O) groups is 1. The molecule has 0 spiro atoms. The highest BCUT2D eigenvalue weighted by molar-refractivity contribution is 6.48. The van der Waals surface area contributed by atoms with E-state index in [0.29, 0.717) is 11.3 Å². The molecule has 1 aromatic carbocycles. The van der Waals surface area contributed by atoms with Gasteiger partial charge in [-0.25, -0.2) is 9.78 Å². The van der Waals surface area contributed by atoms with Gasteiger partial charge in [0.1, 0.15) is 5.82 Å². The maximum absolute atomic E-state index is 11.9. The van der Waals surface area contributed by atoms with Crippen LogP contribution < -0.4 is 5.73 Å². The quantitative estimate of drug-likeness (QED) is 0.494. The summed E-state index contributed by atoms with van der Waals surface area (Å²) in [4.78, 5) is 16.5. The molecular formula is C19H26N3O3Si. The highest BCUT2D eigenvalue weighted by Crippen LogP contribution is 2.38. The summed E-state index contributed by atoms with van der Waals surface area (Å²) in [6, 6.07) is 3.61. The summed E-state index contributed by atoms with van der Waals surface area (Å²) in [6.45, 7) is 6.22. The number of anilines is 1. The van der Waals surface area contributed by atoms with Crippen molar-refractivity contribution in [2.24, 2.45) is 0 Å². The number of ether oxygens (including phenoxy) is 1. The number of nitrogens with two attached hydrogens (primary N) is 1. The van der Waals surface area contributed by atoms with Crippen molar-refractivity contribution in [3.8, 4) is 5.69 Å². The Morgan fingerprint density at radius 3 is 2.81 bits per heavy atom. The Bertz CT molecular complexity index is 803. The summed E-state index contributed by atoms with van der Waals surface area (Å²) in [5.41, 5.74) is 8.96. The maximum Gasteiger partial charge on any atom is 0.338 e. The number of benzene rings is 1. The standard InChI is InChI=1S/C19H26N3O3Si/c1-12-10-16(15(20)11-14(12)19(23)24-2)22-9-8-21-18(22)13-6-5-7-17(13)25-26(3)4/h8-11,13,17H,5-7,20H2,1-4H3/t13-,17+/m1/s1. The third-order valence-electron chi connectivity index (χ3n) is 4.88. The Balaban J connectivity index is 1.98. The van der Waals surface area contributed by atoms with Gasteiger partial charge in [0.15, 0.2) is 0 Å². The van der Waals surface area contributed by atoms with E-state index in [1.54, 1.807) is 12.3 Å². The topological polar surface area (TPSA) is 79.4 Å². The predicted molar refractivity (Wildman–Crippen MR) is 103 cm³/mol. The molecule has 0 aliphatic heterocycles. The van der Waals surface area contributed by atoms with Crippen LogP contribution in [0.4, 0.5) is 5.69 Å². The van der Waals surface area contributed by atoms with Crippen molar-refractivity contribution in [1.82, 2.24) is 9.55 Å². The molecule has 1 fully saturated rings. The average Bonchev–Trinajstić information content (AvgIpc) is 3.24. The SMILES string of the molecule is COC(=O)c1cc(N)c(-n2ccnc2[C@@H]2CCC[C@@H]2O[Si](C)C)cc1C. The molecule has 139 valence electrons. The van der Waals surface area contributed by atoms with Crippen LogP contribution in [0.2, 0.25) is 13.1 Å². The van der Waals surface area contributed by atoms with Crippen molar-refractivity contribution >= 4 is 20.7 Å². The Morgan fingerprint density at radius 1 is 1.35 bits per heavy atom. The minimum Gasteiger partial charge on any atom is -0.465 e. The van der Waals surface area contributed by atoms with Crippen molar-refractivity contribution in [3.63, 3.8) is 0 Å². The van der Waals surface area contributed by atoms with E-state index < -0.39 is 9.04 Å². The molecule has 7 heteroatoms. The molecule has 0 unspecified atom stereocenters. The summed E-state index contributed by atoms with van der Waals surface area (Å²) >= 11 is 0. The highest BCUT2D eigenvalue weighted by Gasteiger charge is 2.33. The van der Waals surface area contributed by atoms with E-state index in [1.807, 2.05) is 23.8 Å². The molecule has 26 heavy (non-hydrogen) atoms. The van der Waals surface area contributed by atoms with Gasteiger partial charge in [-0.3, -0.25) is 0 Å². The first-order chi connectivity index (χ1) is 12.4. The van der Waals surface area contributed by atoms with Crippen LogP contribution in [-0.2, 0) is 9.16 Å². The first-order valence-electron chi connectivity index (χ1n) is 8.91. The number of methoxy groups -OCH3 is 1. The zero-order valence-corrected chi connectivity index (χ0v) is 16.8. The average molecular weight is 373 g/mol. The summed E-state index contributed by atoms with van der Waals surface area (Å²) in [7, 11) is 0.610. The Kier molecular flexibility index (Phi) is 5.48. The molecule has 1 heterocycles. The van der Waals surface area contributed by atoms with Gasteiger partial charge in [0, 0.05) is 18.3 Å². The Hall–Kier alpha value is -2.12. The lowest BCUT2D eigenvalue weighted by molar-refractivity contribution is 0.0600. The number of nitrogen functional groups attached to an aromatic ring is 1. The molecule has 1 radical (unpaired) electrons. The molecule has 2 atom stereocenters. The summed E-state index contributed by atoms with van der Waals surface area (Å²) < 4.78 is 13.1. The molecule has 1 aliphatic rings. The Morgan fingerprint density at radius 2 is 2.12 bits per heavy atom. The lowest BCUT2D eigenvalue weighted by Crippen LogP contribution is -2.25. The first kappa shape index (κ1) is 18.7. The molecule has 0 bridgehead atoms. The van der Waals surface area contributed by atoms with Crippen molar-refractivity contribution in [2.75, 3.05) is 12.8 Å². The van der Waals surface area contributed by atoms with Gasteiger partial charge < -0.3 is 19.5 Å². The van der Waals surface area contributed by atoms with Gasteiger partial charge in [-0.1, -0.05) is 6.42 Å². The minimum absolute atomic E-state index is 0.219. The minimum atomic E-state index is -0.763. The van der Waals surface area contributed by atoms with E-state index in [9.17, 15) is 4.79 Å². The zero-order valence-electron chi connectivity index (χ0n) is 15.8. The number of aryl methyl sites for hydroxylation is 1. The van der Waals surface area contributed by atoms with Crippen LogP contribution >= 0.6 is 0 Å². The Labute approximate surface area is 156 Å². The van der Waals surface area contributed by atoms with Crippen LogP contribution in [0.1, 0.15) is 46.9 Å². The van der Waals surface area contributed by atoms with Gasteiger partial charge in [-0.2, -0.15) is 0 Å². The summed E-state index contributed by atoms with van der Waals surface area (Å²) in [6.07, 6.45) is 7.23. The van der Waals surface area contributed by atoms with E-state index in [-0.39, 0.29) is 18.0 Å². The largest absolute Gasteiger partial charge is 0.465 e. The fraction of sp³-hybridized carbons (Fsp3) is 0.474. The highest BCUT2D eigenvalue weighted by atomic mass is 28.3. The van der Waals surface area contributed by atoms with Crippen LogP contribution in [0.15, 0.2) is 24.5 Å². The molecule has 0 amide bonds. The molecular weight excluding hydrogens is 346 g/mol. The smallest absolute Gasteiger partial charge is 0.338 e. The van der Waals surface area contributed by atoms with Crippen LogP contribution in [0, 0.1) is 6.92 Å². The number of imidazole rings is 1. The van der Waals surface area contributed by atoms with Gasteiger partial charge in [-0.15, -0.1) is 0 Å². The van der Waals surface area contributed by atoms with Crippen LogP contribution in [0.5, 0.6) is 0 Å². The molecule has 0 saturated heterocycles. The van der Waals surface area contributed by atoms with E-state index in [2.05, 4.69) is 18.1 Å². The second-order valence-electron chi connectivity index (χ2n) is 6.97. The molecule has 1 aromatic heterocycles. The number of rotatable bonds is 5.